The van der Waals surface area contributed by atoms with Crippen molar-refractivity contribution in [2.75, 3.05) is 13.2 Å². The van der Waals surface area contributed by atoms with Crippen LogP contribution in [-0.4, -0.2) is 51.6 Å². The molecule has 0 saturated carbocycles. The zero-order chi connectivity index (χ0) is 21.0. The second-order valence-corrected chi connectivity index (χ2v) is 6.64. The summed E-state index contributed by atoms with van der Waals surface area (Å²) in [7, 11) is 0. The number of aromatic nitrogens is 1. The van der Waals surface area contributed by atoms with Crippen molar-refractivity contribution in [3.05, 3.63) is 30.1 Å². The highest BCUT2D eigenvalue weighted by atomic mass is 16.5. The van der Waals surface area contributed by atoms with E-state index < -0.39 is 12.1 Å². The normalized spacial score (nSPS) is 11.2. The third-order valence-corrected chi connectivity index (χ3v) is 4.04. The van der Waals surface area contributed by atoms with E-state index in [4.69, 9.17) is 20.1 Å². The molecule has 1 rings (SSSR count). The van der Waals surface area contributed by atoms with Gasteiger partial charge >= 0.3 is 11.9 Å². The van der Waals surface area contributed by atoms with Crippen molar-refractivity contribution in [2.45, 2.75) is 77.2 Å². The molecule has 0 bridgehead atoms. The molecule has 0 aromatic carbocycles. The summed E-state index contributed by atoms with van der Waals surface area (Å²) in [4.78, 5) is 25.0. The maximum Gasteiger partial charge on any atom is 0.337 e. The third kappa shape index (κ3) is 16.2. The van der Waals surface area contributed by atoms with E-state index in [-0.39, 0.29) is 24.7 Å². The molecule has 1 aromatic heterocycles. The summed E-state index contributed by atoms with van der Waals surface area (Å²) < 4.78 is 4.82. The molecule has 3 N–H and O–H groups in total. The number of aliphatic hydroxyl groups is 2. The van der Waals surface area contributed by atoms with Crippen LogP contribution in [0.2, 0.25) is 0 Å². The number of esters is 1. The molecule has 0 aliphatic heterocycles. The Balaban J connectivity index is 0.000000668. The number of unbranched alkanes of at least 4 members (excludes halogenated alkanes) is 8. The molecule has 0 spiro atoms. The van der Waals surface area contributed by atoms with Crippen molar-refractivity contribution in [3.8, 4) is 0 Å². The van der Waals surface area contributed by atoms with Crippen LogP contribution < -0.4 is 0 Å². The quantitative estimate of drug-likeness (QED) is 0.324. The van der Waals surface area contributed by atoms with Crippen molar-refractivity contribution < 1.29 is 29.6 Å². The van der Waals surface area contributed by atoms with Gasteiger partial charge < -0.3 is 20.1 Å². The van der Waals surface area contributed by atoms with Gasteiger partial charge in [0, 0.05) is 18.8 Å². The standard InChI is InChI=1S/C15H30O4.C6H5NO2/c1-2-3-4-5-6-7-8-9-10-11-15(18)19-13-14(17)12-16;8-6(9)5-2-1-3-7-4-5/h14,16-17H,2-13H2,1H3;1-4H,(H,8,9). The van der Waals surface area contributed by atoms with Crippen LogP contribution >= 0.6 is 0 Å². The van der Waals surface area contributed by atoms with Gasteiger partial charge in [-0.2, -0.15) is 0 Å². The molecule has 0 amide bonds. The van der Waals surface area contributed by atoms with E-state index in [2.05, 4.69) is 11.9 Å². The van der Waals surface area contributed by atoms with Crippen molar-refractivity contribution in [1.82, 2.24) is 4.98 Å². The number of pyridine rings is 1. The number of carboxylic acid groups (broad SMARTS) is 1. The molecule has 7 heteroatoms. The summed E-state index contributed by atoms with van der Waals surface area (Å²) in [6.07, 6.45) is 13.2. The zero-order valence-electron chi connectivity index (χ0n) is 16.9. The van der Waals surface area contributed by atoms with Crippen LogP contribution in [0, 0.1) is 0 Å². The molecule has 0 aliphatic rings. The first-order chi connectivity index (χ1) is 13.5. The first-order valence-corrected chi connectivity index (χ1v) is 10.1. The van der Waals surface area contributed by atoms with Gasteiger partial charge in [-0.1, -0.05) is 58.3 Å². The SMILES string of the molecule is CCCCCCCCCCCC(=O)OCC(O)CO.O=C(O)c1cccnc1. The molecule has 0 fully saturated rings. The first-order valence-electron chi connectivity index (χ1n) is 10.1. The Hall–Kier alpha value is -1.99. The molecule has 1 heterocycles. The number of carbonyl (C=O) groups is 2. The lowest BCUT2D eigenvalue weighted by atomic mass is 10.1. The minimum Gasteiger partial charge on any atom is -0.478 e. The lowest BCUT2D eigenvalue weighted by molar-refractivity contribution is -0.147. The number of carboxylic acids is 1. The van der Waals surface area contributed by atoms with Crippen LogP contribution in [-0.2, 0) is 9.53 Å². The van der Waals surface area contributed by atoms with Crippen molar-refractivity contribution in [3.63, 3.8) is 0 Å². The Morgan fingerprint density at radius 2 is 1.68 bits per heavy atom. The topological polar surface area (TPSA) is 117 Å². The van der Waals surface area contributed by atoms with Gasteiger partial charge in [-0.15, -0.1) is 0 Å². The molecule has 1 atom stereocenters. The van der Waals surface area contributed by atoms with E-state index in [1.54, 1.807) is 6.07 Å². The summed E-state index contributed by atoms with van der Waals surface area (Å²) in [5, 5.41) is 25.9. The Morgan fingerprint density at radius 3 is 2.14 bits per heavy atom. The minimum absolute atomic E-state index is 0.104. The second kappa shape index (κ2) is 18.4. The molecule has 28 heavy (non-hydrogen) atoms. The van der Waals surface area contributed by atoms with Crippen LogP contribution in [0.3, 0.4) is 0 Å². The predicted octanol–water partition coefficient (Wildman–Crippen LogP) is 3.58. The third-order valence-electron chi connectivity index (χ3n) is 4.04. The number of nitrogens with zero attached hydrogens (tertiary/aromatic N) is 1. The number of carbonyl (C=O) groups excluding carboxylic acids is 1. The van der Waals surface area contributed by atoms with Gasteiger partial charge in [0.15, 0.2) is 0 Å². The maximum atomic E-state index is 11.3. The van der Waals surface area contributed by atoms with E-state index in [1.807, 2.05) is 0 Å². The van der Waals surface area contributed by atoms with E-state index in [0.29, 0.717) is 6.42 Å². The lowest BCUT2D eigenvalue weighted by Crippen LogP contribution is -2.21. The average molecular weight is 398 g/mol. The number of rotatable bonds is 14. The number of aliphatic hydroxyl groups excluding tert-OH is 2. The summed E-state index contributed by atoms with van der Waals surface area (Å²) >= 11 is 0. The van der Waals surface area contributed by atoms with E-state index in [1.165, 1.54) is 63.4 Å². The summed E-state index contributed by atoms with van der Waals surface area (Å²) in [6.45, 7) is 1.75. The van der Waals surface area contributed by atoms with Crippen LogP contribution in [0.25, 0.3) is 0 Å². The maximum absolute atomic E-state index is 11.3. The minimum atomic E-state index is -0.952. The molecule has 0 saturated heterocycles. The van der Waals surface area contributed by atoms with Crippen LogP contribution in [0.5, 0.6) is 0 Å². The van der Waals surface area contributed by atoms with Crippen molar-refractivity contribution in [2.24, 2.45) is 0 Å². The molecule has 0 radical (unpaired) electrons. The van der Waals surface area contributed by atoms with E-state index in [9.17, 15) is 9.59 Å². The molecule has 160 valence electrons. The fourth-order valence-corrected chi connectivity index (χ4v) is 2.38. The van der Waals surface area contributed by atoms with Crippen molar-refractivity contribution >= 4 is 11.9 Å². The average Bonchev–Trinajstić information content (AvgIpc) is 2.71. The number of ether oxygens (including phenoxy) is 1. The molecular weight excluding hydrogens is 362 g/mol. The second-order valence-electron chi connectivity index (χ2n) is 6.64. The first kappa shape index (κ1) is 26.0. The lowest BCUT2D eigenvalue weighted by Gasteiger charge is -2.08. The van der Waals surface area contributed by atoms with Gasteiger partial charge in [0.05, 0.1) is 12.2 Å². The Morgan fingerprint density at radius 1 is 1.07 bits per heavy atom. The molecule has 1 aromatic rings. The Bertz CT molecular complexity index is 509. The van der Waals surface area contributed by atoms with E-state index >= 15 is 0 Å². The highest BCUT2D eigenvalue weighted by Gasteiger charge is 2.07. The summed E-state index contributed by atoms with van der Waals surface area (Å²) in [5.74, 6) is -1.22. The summed E-state index contributed by atoms with van der Waals surface area (Å²) in [5.41, 5.74) is 0.220. The van der Waals surface area contributed by atoms with Gasteiger partial charge in [-0.3, -0.25) is 9.78 Å². The highest BCUT2D eigenvalue weighted by Crippen LogP contribution is 2.10. The largest absolute Gasteiger partial charge is 0.478 e. The van der Waals surface area contributed by atoms with Gasteiger partial charge in [0.1, 0.15) is 12.7 Å². The van der Waals surface area contributed by atoms with Crippen LogP contribution in [0.15, 0.2) is 24.5 Å². The highest BCUT2D eigenvalue weighted by molar-refractivity contribution is 5.86. The fraction of sp³-hybridized carbons (Fsp3) is 0.667. The predicted molar refractivity (Wildman–Crippen MR) is 107 cm³/mol. The molecule has 0 aliphatic carbocycles. The van der Waals surface area contributed by atoms with Gasteiger partial charge in [0.2, 0.25) is 0 Å². The smallest absolute Gasteiger partial charge is 0.337 e. The molecular formula is C21H35NO6. The summed E-state index contributed by atoms with van der Waals surface area (Å²) in [6, 6.07) is 3.08. The zero-order valence-corrected chi connectivity index (χ0v) is 16.9. The van der Waals surface area contributed by atoms with Gasteiger partial charge in [-0.05, 0) is 18.6 Å². The molecule has 1 unspecified atom stereocenters. The molecule has 7 nitrogen and oxygen atoms in total. The van der Waals surface area contributed by atoms with Crippen LogP contribution in [0.4, 0.5) is 0 Å². The monoisotopic (exact) mass is 397 g/mol. The Kier molecular flexibility index (Phi) is 17.1. The number of hydrogen-bond acceptors (Lipinski definition) is 6. The number of hydrogen-bond donors (Lipinski definition) is 3. The van der Waals surface area contributed by atoms with Crippen LogP contribution in [0.1, 0.15) is 81.5 Å². The van der Waals surface area contributed by atoms with Gasteiger partial charge in [-0.25, -0.2) is 4.79 Å². The van der Waals surface area contributed by atoms with Crippen molar-refractivity contribution in [1.29, 1.82) is 0 Å². The van der Waals surface area contributed by atoms with E-state index in [0.717, 1.165) is 12.8 Å². The number of aromatic carboxylic acids is 1. The fourth-order valence-electron chi connectivity index (χ4n) is 2.38. The Labute approximate surface area is 167 Å². The van der Waals surface area contributed by atoms with Gasteiger partial charge in [0.25, 0.3) is 0 Å².